The van der Waals surface area contributed by atoms with Gasteiger partial charge in [-0.15, -0.1) is 0 Å². The number of rotatable bonds is 1. The van der Waals surface area contributed by atoms with Crippen molar-refractivity contribution in [3.63, 3.8) is 0 Å². The molecular formula is C7H6INO3. The van der Waals surface area contributed by atoms with E-state index in [0.717, 1.165) is 0 Å². The normalized spacial score (nSPS) is 9.50. The van der Waals surface area contributed by atoms with Gasteiger partial charge in [0.15, 0.2) is 0 Å². The highest BCUT2D eigenvalue weighted by molar-refractivity contribution is 14.1. The van der Waals surface area contributed by atoms with Crippen molar-refractivity contribution in [1.82, 2.24) is 3.53 Å². The predicted octanol–water partition coefficient (Wildman–Crippen LogP) is 1.03. The lowest BCUT2D eigenvalue weighted by atomic mass is 10.2. The smallest absolute Gasteiger partial charge is 0.336 e. The molecule has 0 atom stereocenters. The zero-order valence-electron chi connectivity index (χ0n) is 6.26. The highest BCUT2D eigenvalue weighted by atomic mass is 127. The Kier molecular flexibility index (Phi) is 2.85. The van der Waals surface area contributed by atoms with Crippen LogP contribution in [0.2, 0.25) is 0 Å². The summed E-state index contributed by atoms with van der Waals surface area (Å²) >= 11 is 1.71. The first kappa shape index (κ1) is 9.24. The van der Waals surface area contributed by atoms with Crippen molar-refractivity contribution in [3.8, 4) is 0 Å². The van der Waals surface area contributed by atoms with Gasteiger partial charge in [0.2, 0.25) is 0 Å². The fraction of sp³-hybridized carbons (Fsp3) is 0.143. The van der Waals surface area contributed by atoms with Crippen LogP contribution in [0.5, 0.6) is 0 Å². The van der Waals surface area contributed by atoms with Crippen LogP contribution >= 0.6 is 22.9 Å². The molecule has 12 heavy (non-hydrogen) atoms. The molecule has 1 amide bonds. The van der Waals surface area contributed by atoms with E-state index in [2.05, 4.69) is 7.95 Å². The number of carbonyl (C=O) groups excluding carboxylic acids is 1. The monoisotopic (exact) mass is 279 g/mol. The lowest BCUT2D eigenvalue weighted by Crippen LogP contribution is -2.15. The summed E-state index contributed by atoms with van der Waals surface area (Å²) in [6, 6.07) is 1.17. The van der Waals surface area contributed by atoms with E-state index in [0.29, 0.717) is 11.1 Å². The summed E-state index contributed by atoms with van der Waals surface area (Å²) in [4.78, 5) is 21.8. The Bertz CT molecular complexity index is 358. The minimum atomic E-state index is -0.518. The minimum absolute atomic E-state index is 0.291. The average molecular weight is 279 g/mol. The van der Waals surface area contributed by atoms with E-state index in [1.165, 1.54) is 12.3 Å². The van der Waals surface area contributed by atoms with Crippen LogP contribution in [-0.2, 0) is 0 Å². The first-order chi connectivity index (χ1) is 5.65. The molecule has 0 spiro atoms. The molecule has 1 aromatic rings. The minimum Gasteiger partial charge on any atom is -0.431 e. The molecule has 0 aliphatic carbocycles. The van der Waals surface area contributed by atoms with Gasteiger partial charge in [0.05, 0.1) is 34.7 Å². The number of carbonyl (C=O) groups is 1. The molecule has 0 fully saturated rings. The molecule has 1 N–H and O–H groups in total. The van der Waals surface area contributed by atoms with E-state index >= 15 is 0 Å². The molecule has 0 saturated heterocycles. The van der Waals surface area contributed by atoms with Gasteiger partial charge in [0.1, 0.15) is 0 Å². The summed E-state index contributed by atoms with van der Waals surface area (Å²) < 4.78 is 6.96. The SMILES string of the molecule is Cc1coc(=O)cc1C(=O)NI. The number of amides is 1. The van der Waals surface area contributed by atoms with Crippen LogP contribution in [0.1, 0.15) is 15.9 Å². The molecule has 64 valence electrons. The van der Waals surface area contributed by atoms with Crippen LogP contribution < -0.4 is 9.16 Å². The van der Waals surface area contributed by atoms with Gasteiger partial charge in [-0.1, -0.05) is 0 Å². The van der Waals surface area contributed by atoms with E-state index < -0.39 is 5.63 Å². The molecule has 1 rings (SSSR count). The summed E-state index contributed by atoms with van der Waals surface area (Å²) in [5, 5.41) is 0. The topological polar surface area (TPSA) is 59.3 Å². The molecule has 0 saturated carbocycles. The van der Waals surface area contributed by atoms with Gasteiger partial charge in [-0.05, 0) is 12.5 Å². The van der Waals surface area contributed by atoms with Gasteiger partial charge in [0.25, 0.3) is 5.91 Å². The van der Waals surface area contributed by atoms with E-state index in [4.69, 9.17) is 0 Å². The predicted molar refractivity (Wildman–Crippen MR) is 51.2 cm³/mol. The molecule has 0 aliphatic rings. The van der Waals surface area contributed by atoms with Crippen molar-refractivity contribution in [2.45, 2.75) is 6.92 Å². The molecule has 0 aliphatic heterocycles. The van der Waals surface area contributed by atoms with Crippen LogP contribution in [0, 0.1) is 6.92 Å². The lowest BCUT2D eigenvalue weighted by Gasteiger charge is -1.99. The Labute approximate surface area is 82.5 Å². The Balaban J connectivity index is 3.22. The molecule has 4 nitrogen and oxygen atoms in total. The first-order valence-corrected chi connectivity index (χ1v) is 4.23. The second kappa shape index (κ2) is 3.70. The quantitative estimate of drug-likeness (QED) is 0.617. The number of hydrogen-bond acceptors (Lipinski definition) is 3. The van der Waals surface area contributed by atoms with Crippen molar-refractivity contribution >= 4 is 28.8 Å². The second-order valence-corrected chi connectivity index (χ2v) is 2.76. The van der Waals surface area contributed by atoms with Crippen LogP contribution in [0.15, 0.2) is 21.5 Å². The molecular weight excluding hydrogens is 273 g/mol. The van der Waals surface area contributed by atoms with Gasteiger partial charge < -0.3 is 4.42 Å². The molecule has 5 heteroatoms. The van der Waals surface area contributed by atoms with Crippen molar-refractivity contribution in [2.75, 3.05) is 0 Å². The standard InChI is InChI=1S/C7H6INO3/c1-4-3-12-6(10)2-5(4)7(11)9-8/h2-3H,1H3,(H,9,11). The molecule has 0 radical (unpaired) electrons. The van der Waals surface area contributed by atoms with Gasteiger partial charge in [-0.2, -0.15) is 0 Å². The fourth-order valence-corrected chi connectivity index (χ4v) is 1.06. The maximum atomic E-state index is 11.1. The molecule has 1 aromatic heterocycles. The fourth-order valence-electron chi connectivity index (χ4n) is 0.771. The molecule has 0 unspecified atom stereocenters. The van der Waals surface area contributed by atoms with Gasteiger partial charge in [-0.3, -0.25) is 8.32 Å². The Morgan fingerprint density at radius 2 is 2.33 bits per heavy atom. The van der Waals surface area contributed by atoms with Gasteiger partial charge in [0, 0.05) is 6.07 Å². The van der Waals surface area contributed by atoms with E-state index in [9.17, 15) is 9.59 Å². The zero-order chi connectivity index (χ0) is 9.14. The van der Waals surface area contributed by atoms with Crippen LogP contribution in [0.3, 0.4) is 0 Å². The van der Waals surface area contributed by atoms with E-state index in [-0.39, 0.29) is 5.91 Å². The largest absolute Gasteiger partial charge is 0.431 e. The summed E-state index contributed by atoms with van der Waals surface area (Å²) in [6.07, 6.45) is 1.27. The van der Waals surface area contributed by atoms with Crippen molar-refractivity contribution in [1.29, 1.82) is 0 Å². The van der Waals surface area contributed by atoms with Crippen LogP contribution in [0.4, 0.5) is 0 Å². The number of halogens is 1. The second-order valence-electron chi connectivity index (χ2n) is 2.22. The van der Waals surface area contributed by atoms with E-state index in [1.54, 1.807) is 29.8 Å². The first-order valence-electron chi connectivity index (χ1n) is 3.15. The maximum absolute atomic E-state index is 11.1. The number of nitrogens with one attached hydrogen (secondary N) is 1. The lowest BCUT2D eigenvalue weighted by molar-refractivity contribution is 0.0988. The van der Waals surface area contributed by atoms with Crippen LogP contribution in [-0.4, -0.2) is 5.91 Å². The molecule has 0 aromatic carbocycles. The number of aryl methyl sites for hydroxylation is 1. The Morgan fingerprint density at radius 3 is 2.92 bits per heavy atom. The van der Waals surface area contributed by atoms with Crippen LogP contribution in [0.25, 0.3) is 0 Å². The van der Waals surface area contributed by atoms with E-state index in [1.807, 2.05) is 0 Å². The number of hydrogen-bond donors (Lipinski definition) is 1. The summed E-state index contributed by atoms with van der Waals surface area (Å²) in [5.74, 6) is -0.291. The Hall–Kier alpha value is -0.850. The van der Waals surface area contributed by atoms with Crippen molar-refractivity contribution in [2.24, 2.45) is 0 Å². The summed E-state index contributed by atoms with van der Waals surface area (Å²) in [6.45, 7) is 1.70. The zero-order valence-corrected chi connectivity index (χ0v) is 8.41. The highest BCUT2D eigenvalue weighted by Gasteiger charge is 2.08. The third-order valence-corrected chi connectivity index (χ3v) is 1.86. The maximum Gasteiger partial charge on any atom is 0.336 e. The van der Waals surface area contributed by atoms with Gasteiger partial charge >= 0.3 is 5.63 Å². The van der Waals surface area contributed by atoms with Gasteiger partial charge in [-0.25, -0.2) is 4.79 Å². The third kappa shape index (κ3) is 1.84. The highest BCUT2D eigenvalue weighted by Crippen LogP contribution is 2.03. The molecule has 0 bridgehead atoms. The third-order valence-electron chi connectivity index (χ3n) is 1.37. The molecule has 1 heterocycles. The Morgan fingerprint density at radius 1 is 1.67 bits per heavy atom. The average Bonchev–Trinajstić information content (AvgIpc) is 2.08. The summed E-state index contributed by atoms with van der Waals surface area (Å²) in [5.41, 5.74) is 0.472. The van der Waals surface area contributed by atoms with Crippen molar-refractivity contribution in [3.05, 3.63) is 33.9 Å². The van der Waals surface area contributed by atoms with Crippen molar-refractivity contribution < 1.29 is 9.21 Å². The summed E-state index contributed by atoms with van der Waals surface area (Å²) in [7, 11) is 0.